The van der Waals surface area contributed by atoms with E-state index in [0.717, 1.165) is 12.1 Å². The molecule has 1 heterocycles. The number of nitro benzene ring substituents is 1. The third kappa shape index (κ3) is 2.05. The van der Waals surface area contributed by atoms with E-state index in [1.54, 1.807) is 0 Å². The van der Waals surface area contributed by atoms with Crippen LogP contribution in [0, 0.1) is 21.7 Å². The number of benzene rings is 1. The van der Waals surface area contributed by atoms with Crippen LogP contribution in [0.15, 0.2) is 12.1 Å². The van der Waals surface area contributed by atoms with Crippen LogP contribution in [-0.2, 0) is 0 Å². The van der Waals surface area contributed by atoms with Gasteiger partial charge in [-0.2, -0.15) is 0 Å². The van der Waals surface area contributed by atoms with Crippen LogP contribution in [0.4, 0.5) is 20.2 Å². The number of aliphatic hydroxyl groups is 1. The molecule has 0 saturated carbocycles. The largest absolute Gasteiger partial charge is 0.391 e. The Hall–Kier alpha value is -1.76. The Balaban J connectivity index is 2.49. The Kier molecular flexibility index (Phi) is 2.93. The second-order valence-electron chi connectivity index (χ2n) is 3.87. The Morgan fingerprint density at radius 1 is 1.47 bits per heavy atom. The smallest absolute Gasteiger partial charge is 0.295 e. The van der Waals surface area contributed by atoms with Crippen LogP contribution in [0.3, 0.4) is 0 Å². The SMILES string of the molecule is O=[N+]([O-])c1ccc(F)c(F)c1N1CCC(O)C1. The van der Waals surface area contributed by atoms with Gasteiger partial charge in [-0.1, -0.05) is 0 Å². The number of hydrogen-bond donors (Lipinski definition) is 1. The predicted molar refractivity (Wildman–Crippen MR) is 55.8 cm³/mol. The van der Waals surface area contributed by atoms with Gasteiger partial charge in [0, 0.05) is 19.2 Å². The lowest BCUT2D eigenvalue weighted by atomic mass is 10.2. The first-order valence-corrected chi connectivity index (χ1v) is 5.06. The van der Waals surface area contributed by atoms with Crippen molar-refractivity contribution in [3.05, 3.63) is 33.9 Å². The molecular formula is C10H10F2N2O3. The number of nitrogens with zero attached hydrogens (tertiary/aromatic N) is 2. The molecule has 1 fully saturated rings. The van der Waals surface area contributed by atoms with Crippen LogP contribution in [0.2, 0.25) is 0 Å². The fraction of sp³-hybridized carbons (Fsp3) is 0.400. The maximum atomic E-state index is 13.6. The molecule has 17 heavy (non-hydrogen) atoms. The van der Waals surface area contributed by atoms with E-state index in [0.29, 0.717) is 6.42 Å². The van der Waals surface area contributed by atoms with Crippen molar-refractivity contribution in [1.29, 1.82) is 0 Å². The van der Waals surface area contributed by atoms with Gasteiger partial charge in [-0.25, -0.2) is 8.78 Å². The van der Waals surface area contributed by atoms with E-state index in [9.17, 15) is 24.0 Å². The summed E-state index contributed by atoms with van der Waals surface area (Å²) in [6.07, 6.45) is -0.287. The van der Waals surface area contributed by atoms with Gasteiger partial charge in [0.15, 0.2) is 17.3 Å². The molecule has 7 heteroatoms. The topological polar surface area (TPSA) is 66.6 Å². The number of hydrogen-bond acceptors (Lipinski definition) is 4. The van der Waals surface area contributed by atoms with E-state index in [1.807, 2.05) is 0 Å². The highest BCUT2D eigenvalue weighted by Crippen LogP contribution is 2.34. The summed E-state index contributed by atoms with van der Waals surface area (Å²) < 4.78 is 26.7. The highest BCUT2D eigenvalue weighted by Gasteiger charge is 2.30. The summed E-state index contributed by atoms with van der Waals surface area (Å²) in [5.74, 6) is -2.37. The molecule has 1 aromatic carbocycles. The molecule has 1 aromatic rings. The average molecular weight is 244 g/mol. The molecule has 1 aliphatic rings. The van der Waals surface area contributed by atoms with Gasteiger partial charge < -0.3 is 10.0 Å². The summed E-state index contributed by atoms with van der Waals surface area (Å²) in [7, 11) is 0. The average Bonchev–Trinajstić information content (AvgIpc) is 2.68. The molecule has 1 unspecified atom stereocenters. The highest BCUT2D eigenvalue weighted by molar-refractivity contribution is 5.65. The lowest BCUT2D eigenvalue weighted by Gasteiger charge is -2.18. The van der Waals surface area contributed by atoms with Crippen molar-refractivity contribution in [2.45, 2.75) is 12.5 Å². The molecule has 5 nitrogen and oxygen atoms in total. The van der Waals surface area contributed by atoms with Crippen molar-refractivity contribution in [2.24, 2.45) is 0 Å². The molecule has 1 aliphatic heterocycles. The molecule has 92 valence electrons. The first-order valence-electron chi connectivity index (χ1n) is 5.06. The van der Waals surface area contributed by atoms with Crippen molar-refractivity contribution in [3.8, 4) is 0 Å². The van der Waals surface area contributed by atoms with Crippen LogP contribution in [0.1, 0.15) is 6.42 Å². The van der Waals surface area contributed by atoms with E-state index in [-0.39, 0.29) is 18.8 Å². The zero-order valence-electron chi connectivity index (χ0n) is 8.77. The summed E-state index contributed by atoms with van der Waals surface area (Å²) in [4.78, 5) is 11.3. The van der Waals surface area contributed by atoms with Gasteiger partial charge in [-0.3, -0.25) is 10.1 Å². The second kappa shape index (κ2) is 4.25. The number of nitro groups is 1. The minimum absolute atomic E-state index is 0.0706. The number of halogens is 2. The molecular weight excluding hydrogens is 234 g/mol. The van der Waals surface area contributed by atoms with Crippen LogP contribution < -0.4 is 4.90 Å². The quantitative estimate of drug-likeness (QED) is 0.631. The monoisotopic (exact) mass is 244 g/mol. The van der Waals surface area contributed by atoms with Crippen molar-refractivity contribution in [1.82, 2.24) is 0 Å². The van der Waals surface area contributed by atoms with Gasteiger partial charge in [-0.15, -0.1) is 0 Å². The number of β-amino-alcohol motifs (C(OH)–C–C–N with tert-alkyl or cyclic N) is 1. The molecule has 1 saturated heterocycles. The van der Waals surface area contributed by atoms with E-state index in [4.69, 9.17) is 0 Å². The van der Waals surface area contributed by atoms with Crippen molar-refractivity contribution in [3.63, 3.8) is 0 Å². The number of aliphatic hydroxyl groups excluding tert-OH is 1. The maximum absolute atomic E-state index is 13.6. The lowest BCUT2D eigenvalue weighted by Crippen LogP contribution is -2.23. The second-order valence-corrected chi connectivity index (χ2v) is 3.87. The summed E-state index contributed by atoms with van der Waals surface area (Å²) >= 11 is 0. The van der Waals surface area contributed by atoms with Crippen molar-refractivity contribution < 1.29 is 18.8 Å². The zero-order chi connectivity index (χ0) is 12.6. The van der Waals surface area contributed by atoms with E-state index < -0.39 is 28.3 Å². The normalized spacial score (nSPS) is 19.7. The summed E-state index contributed by atoms with van der Waals surface area (Å²) in [6.45, 7) is 0.337. The molecule has 0 aliphatic carbocycles. The molecule has 1 atom stereocenters. The van der Waals surface area contributed by atoms with Gasteiger partial charge in [0.25, 0.3) is 5.69 Å². The van der Waals surface area contributed by atoms with Gasteiger partial charge in [-0.05, 0) is 12.5 Å². The Bertz CT molecular complexity index is 467. The Morgan fingerprint density at radius 3 is 2.71 bits per heavy atom. The van der Waals surface area contributed by atoms with E-state index >= 15 is 0 Å². The summed E-state index contributed by atoms with van der Waals surface area (Å²) in [5, 5.41) is 20.1. The fourth-order valence-corrected chi connectivity index (χ4v) is 1.92. The number of rotatable bonds is 2. The van der Waals surface area contributed by atoms with Gasteiger partial charge in [0.2, 0.25) is 0 Å². The molecule has 0 aromatic heterocycles. The molecule has 0 amide bonds. The van der Waals surface area contributed by atoms with Crippen LogP contribution in [0.5, 0.6) is 0 Å². The highest BCUT2D eigenvalue weighted by atomic mass is 19.2. The fourth-order valence-electron chi connectivity index (χ4n) is 1.92. The third-order valence-electron chi connectivity index (χ3n) is 2.72. The van der Waals surface area contributed by atoms with Gasteiger partial charge in [0.1, 0.15) is 0 Å². The Labute approximate surface area is 95.4 Å². The molecule has 1 N–H and O–H groups in total. The first-order chi connectivity index (χ1) is 8.00. The van der Waals surface area contributed by atoms with E-state index in [2.05, 4.69) is 0 Å². The van der Waals surface area contributed by atoms with E-state index in [1.165, 1.54) is 4.90 Å². The Morgan fingerprint density at radius 2 is 2.18 bits per heavy atom. The minimum Gasteiger partial charge on any atom is -0.391 e. The van der Waals surface area contributed by atoms with Crippen LogP contribution in [0.25, 0.3) is 0 Å². The number of anilines is 1. The van der Waals surface area contributed by atoms with Crippen LogP contribution >= 0.6 is 0 Å². The predicted octanol–water partition coefficient (Wildman–Crippen LogP) is 1.44. The third-order valence-corrected chi connectivity index (χ3v) is 2.72. The molecule has 0 radical (unpaired) electrons. The maximum Gasteiger partial charge on any atom is 0.295 e. The zero-order valence-corrected chi connectivity index (χ0v) is 8.77. The lowest BCUT2D eigenvalue weighted by molar-refractivity contribution is -0.384. The molecule has 0 bridgehead atoms. The minimum atomic E-state index is -1.24. The van der Waals surface area contributed by atoms with Crippen LogP contribution in [-0.4, -0.2) is 29.2 Å². The molecule has 0 spiro atoms. The van der Waals surface area contributed by atoms with Crippen molar-refractivity contribution in [2.75, 3.05) is 18.0 Å². The summed E-state index contributed by atoms with van der Waals surface area (Å²) in [6, 6.07) is 1.65. The molecule has 2 rings (SSSR count). The summed E-state index contributed by atoms with van der Waals surface area (Å²) in [5.41, 5.74) is -0.871. The standard InChI is InChI=1S/C10H10F2N2O3/c11-7-1-2-8(14(16)17)10(9(7)12)13-4-3-6(15)5-13/h1-2,6,15H,3-5H2. The van der Waals surface area contributed by atoms with Gasteiger partial charge in [0.05, 0.1) is 11.0 Å². The van der Waals surface area contributed by atoms with Crippen molar-refractivity contribution >= 4 is 11.4 Å². The first kappa shape index (κ1) is 11.7. The van der Waals surface area contributed by atoms with Gasteiger partial charge >= 0.3 is 0 Å².